The summed E-state index contributed by atoms with van der Waals surface area (Å²) < 4.78 is 4.93. The van der Waals surface area contributed by atoms with Crippen LogP contribution in [0.25, 0.3) is 0 Å². The lowest BCUT2D eigenvalue weighted by Crippen LogP contribution is -2.52. The van der Waals surface area contributed by atoms with Crippen molar-refractivity contribution in [2.24, 2.45) is 4.99 Å². The van der Waals surface area contributed by atoms with Crippen LogP contribution in [0.1, 0.15) is 12.1 Å². The normalized spacial score (nSPS) is 19.1. The number of nitrogens with zero attached hydrogens (tertiary/aromatic N) is 8. The van der Waals surface area contributed by atoms with Crippen LogP contribution in [0, 0.1) is 0 Å². The Hall–Kier alpha value is -2.72. The molecule has 0 saturated carbocycles. The maximum atomic E-state index is 4.93. The highest BCUT2D eigenvalue weighted by Crippen LogP contribution is 2.10. The largest absolute Gasteiger partial charge is 0.364 e. The van der Waals surface area contributed by atoms with E-state index in [0.29, 0.717) is 0 Å². The van der Waals surface area contributed by atoms with Crippen LogP contribution in [0.3, 0.4) is 0 Å². The maximum absolute atomic E-state index is 4.93. The molecule has 4 heterocycles. The van der Waals surface area contributed by atoms with Crippen LogP contribution in [0.15, 0.2) is 40.3 Å². The zero-order chi connectivity index (χ0) is 21.3. The van der Waals surface area contributed by atoms with Crippen molar-refractivity contribution in [1.82, 2.24) is 35.1 Å². The molecule has 0 atom stereocenters. The van der Waals surface area contributed by atoms with Gasteiger partial charge in [-0.2, -0.15) is 0 Å². The fourth-order valence-corrected chi connectivity index (χ4v) is 4.13. The second kappa shape index (κ2) is 11.1. The van der Waals surface area contributed by atoms with E-state index < -0.39 is 0 Å². The Balaban J connectivity index is 1.11. The van der Waals surface area contributed by atoms with Gasteiger partial charge in [0.15, 0.2) is 5.96 Å². The Morgan fingerprint density at radius 1 is 1.03 bits per heavy atom. The van der Waals surface area contributed by atoms with Crippen LogP contribution in [-0.2, 0) is 6.54 Å². The van der Waals surface area contributed by atoms with Gasteiger partial charge in [-0.15, -0.1) is 0 Å². The molecule has 2 saturated heterocycles. The first kappa shape index (κ1) is 21.5. The van der Waals surface area contributed by atoms with Gasteiger partial charge in [0.1, 0.15) is 6.26 Å². The highest BCUT2D eigenvalue weighted by atomic mass is 16.5. The average molecular weight is 428 g/mol. The first-order chi connectivity index (χ1) is 15.3. The SMILES string of the molecule is CN=C(NCCCN1CCN(c2ncccn2)CC1)N1CCN(Cc2ccon2)CC1. The number of aromatic nitrogens is 3. The first-order valence-electron chi connectivity index (χ1n) is 11.1. The molecule has 1 N–H and O–H groups in total. The lowest BCUT2D eigenvalue weighted by atomic mass is 10.3. The van der Waals surface area contributed by atoms with Crippen LogP contribution in [0.5, 0.6) is 0 Å². The van der Waals surface area contributed by atoms with Gasteiger partial charge < -0.3 is 19.6 Å². The minimum atomic E-state index is 0.841. The molecule has 2 aromatic rings. The third-order valence-electron chi connectivity index (χ3n) is 5.90. The van der Waals surface area contributed by atoms with Crippen molar-refractivity contribution in [3.63, 3.8) is 0 Å². The van der Waals surface area contributed by atoms with Crippen LogP contribution in [0.4, 0.5) is 5.95 Å². The van der Waals surface area contributed by atoms with Crippen molar-refractivity contribution >= 4 is 11.9 Å². The monoisotopic (exact) mass is 427 g/mol. The van der Waals surface area contributed by atoms with Gasteiger partial charge in [-0.1, -0.05) is 5.16 Å². The highest BCUT2D eigenvalue weighted by molar-refractivity contribution is 5.79. The molecule has 168 valence electrons. The van der Waals surface area contributed by atoms with Gasteiger partial charge in [0.05, 0.1) is 5.69 Å². The number of hydrogen-bond acceptors (Lipinski definition) is 8. The number of aliphatic imine (C=N–C) groups is 1. The molecule has 2 fully saturated rings. The van der Waals surface area contributed by atoms with E-state index in [-0.39, 0.29) is 0 Å². The molecule has 2 aromatic heterocycles. The van der Waals surface area contributed by atoms with Crippen molar-refractivity contribution in [1.29, 1.82) is 0 Å². The second-order valence-electron chi connectivity index (χ2n) is 7.96. The number of hydrogen-bond donors (Lipinski definition) is 1. The minimum Gasteiger partial charge on any atom is -0.364 e. The fourth-order valence-electron chi connectivity index (χ4n) is 4.13. The van der Waals surface area contributed by atoms with Crippen molar-refractivity contribution in [2.45, 2.75) is 13.0 Å². The summed E-state index contributed by atoms with van der Waals surface area (Å²) in [7, 11) is 1.87. The molecule has 0 aliphatic carbocycles. The number of rotatable bonds is 7. The molecule has 10 heteroatoms. The summed E-state index contributed by atoms with van der Waals surface area (Å²) in [6.45, 7) is 10.9. The lowest BCUT2D eigenvalue weighted by molar-refractivity contribution is 0.169. The molecule has 31 heavy (non-hydrogen) atoms. The summed E-state index contributed by atoms with van der Waals surface area (Å²) in [6, 6.07) is 3.79. The smallest absolute Gasteiger partial charge is 0.225 e. The zero-order valence-electron chi connectivity index (χ0n) is 18.4. The zero-order valence-corrected chi connectivity index (χ0v) is 18.4. The van der Waals surface area contributed by atoms with Gasteiger partial charge in [-0.05, 0) is 19.0 Å². The average Bonchev–Trinajstić information content (AvgIpc) is 3.34. The molecular formula is C21H33N9O. The van der Waals surface area contributed by atoms with E-state index in [9.17, 15) is 0 Å². The fraction of sp³-hybridized carbons (Fsp3) is 0.619. The number of guanidine groups is 1. The van der Waals surface area contributed by atoms with Crippen molar-refractivity contribution in [3.8, 4) is 0 Å². The van der Waals surface area contributed by atoms with Crippen LogP contribution < -0.4 is 10.2 Å². The molecule has 0 spiro atoms. The van der Waals surface area contributed by atoms with Gasteiger partial charge in [-0.25, -0.2) is 9.97 Å². The van der Waals surface area contributed by atoms with Crippen LogP contribution >= 0.6 is 0 Å². The third kappa shape index (κ3) is 6.14. The molecule has 0 unspecified atom stereocenters. The molecule has 0 aromatic carbocycles. The van der Waals surface area contributed by atoms with E-state index in [0.717, 1.165) is 96.0 Å². The Kier molecular flexibility index (Phi) is 7.67. The van der Waals surface area contributed by atoms with Gasteiger partial charge >= 0.3 is 0 Å². The number of anilines is 1. The van der Waals surface area contributed by atoms with Crippen LogP contribution in [0.2, 0.25) is 0 Å². The Morgan fingerprint density at radius 2 is 1.77 bits per heavy atom. The van der Waals surface area contributed by atoms with Gasteiger partial charge in [0.25, 0.3) is 0 Å². The molecule has 2 aliphatic heterocycles. The highest BCUT2D eigenvalue weighted by Gasteiger charge is 2.21. The summed E-state index contributed by atoms with van der Waals surface area (Å²) in [5.74, 6) is 1.85. The van der Waals surface area contributed by atoms with Crippen molar-refractivity contribution < 1.29 is 4.52 Å². The Morgan fingerprint density at radius 3 is 2.45 bits per heavy atom. The predicted molar refractivity (Wildman–Crippen MR) is 120 cm³/mol. The minimum absolute atomic E-state index is 0.841. The van der Waals surface area contributed by atoms with E-state index in [2.05, 4.69) is 45.0 Å². The Labute approximate surface area is 183 Å². The van der Waals surface area contributed by atoms with Crippen molar-refractivity contribution in [3.05, 3.63) is 36.5 Å². The summed E-state index contributed by atoms with van der Waals surface area (Å²) >= 11 is 0. The van der Waals surface area contributed by atoms with E-state index >= 15 is 0 Å². The number of piperazine rings is 2. The quantitative estimate of drug-likeness (QED) is 0.382. The summed E-state index contributed by atoms with van der Waals surface area (Å²) in [5, 5.41) is 7.56. The van der Waals surface area contributed by atoms with Gasteiger partial charge in [-0.3, -0.25) is 14.8 Å². The van der Waals surface area contributed by atoms with E-state index in [1.807, 2.05) is 31.6 Å². The molecule has 0 bridgehead atoms. The van der Waals surface area contributed by atoms with Crippen LogP contribution in [-0.4, -0.2) is 108 Å². The van der Waals surface area contributed by atoms with E-state index in [4.69, 9.17) is 4.52 Å². The molecule has 0 amide bonds. The van der Waals surface area contributed by atoms with E-state index in [1.165, 1.54) is 0 Å². The second-order valence-corrected chi connectivity index (χ2v) is 7.96. The van der Waals surface area contributed by atoms with Crippen molar-refractivity contribution in [2.75, 3.05) is 77.4 Å². The molecule has 0 radical (unpaired) electrons. The summed E-state index contributed by atoms with van der Waals surface area (Å²) in [4.78, 5) is 22.7. The lowest BCUT2D eigenvalue weighted by Gasteiger charge is -2.36. The number of nitrogens with one attached hydrogen (secondary N) is 1. The summed E-state index contributed by atoms with van der Waals surface area (Å²) in [5.41, 5.74) is 0.994. The Bertz CT molecular complexity index is 782. The van der Waals surface area contributed by atoms with Gasteiger partial charge in [0, 0.05) is 91.0 Å². The standard InChI is InChI=1S/C21H33N9O/c1-22-20(29-15-11-28(12-16-29)18-19-4-17-31-26-19)23-7-3-8-27-9-13-30(14-10-27)21-24-5-2-6-25-21/h2,4-6,17H,3,7-16,18H2,1H3,(H,22,23). The summed E-state index contributed by atoms with van der Waals surface area (Å²) in [6.07, 6.45) is 6.36. The molecule has 10 nitrogen and oxygen atoms in total. The van der Waals surface area contributed by atoms with E-state index in [1.54, 1.807) is 6.26 Å². The van der Waals surface area contributed by atoms with Gasteiger partial charge in [0.2, 0.25) is 5.95 Å². The molecular weight excluding hydrogens is 394 g/mol. The molecule has 4 rings (SSSR count). The molecule has 2 aliphatic rings. The predicted octanol–water partition coefficient (Wildman–Crippen LogP) is 0.370. The topological polar surface area (TPSA) is 89.2 Å². The first-order valence-corrected chi connectivity index (χ1v) is 11.1. The third-order valence-corrected chi connectivity index (χ3v) is 5.90. The maximum Gasteiger partial charge on any atom is 0.225 e.